The number of ether oxygens (including phenoxy) is 1. The topological polar surface area (TPSA) is 116 Å². The molecule has 0 aromatic heterocycles. The molecular weight excluding hydrogens is 332 g/mol. The molecule has 0 radical (unpaired) electrons. The average molecular weight is 356 g/mol. The van der Waals surface area contributed by atoms with Crippen LogP contribution in [0.15, 0.2) is 29.4 Å². The Labute approximate surface area is 152 Å². The first-order valence-electron chi connectivity index (χ1n) is 8.83. The van der Waals surface area contributed by atoms with E-state index < -0.39 is 17.5 Å². The van der Waals surface area contributed by atoms with Gasteiger partial charge in [0.05, 0.1) is 0 Å². The number of benzene rings is 1. The molecule has 1 aliphatic rings. The summed E-state index contributed by atoms with van der Waals surface area (Å²) < 4.78 is 5.55. The Kier molecular flexibility index (Phi) is 6.52. The predicted octanol–water partition coefficient (Wildman–Crippen LogP) is 4.83. The number of nitrogens with zero attached hydrogens (tertiary/aromatic N) is 3. The Morgan fingerprint density at radius 2 is 2.00 bits per heavy atom. The molecule has 0 bridgehead atoms. The van der Waals surface area contributed by atoms with Crippen LogP contribution in [0.5, 0.6) is 0 Å². The summed E-state index contributed by atoms with van der Waals surface area (Å²) in [6.07, 6.45) is 2.52. The summed E-state index contributed by atoms with van der Waals surface area (Å²) in [6, 6.07) is 6.08. The molecule has 0 amide bonds. The summed E-state index contributed by atoms with van der Waals surface area (Å²) in [6.45, 7) is 6.30. The van der Waals surface area contributed by atoms with Gasteiger partial charge in [0.1, 0.15) is 6.10 Å². The molecule has 0 unspecified atom stereocenters. The van der Waals surface area contributed by atoms with Crippen molar-refractivity contribution in [3.8, 4) is 0 Å². The van der Waals surface area contributed by atoms with Crippen molar-refractivity contribution in [2.45, 2.75) is 46.1 Å². The number of esters is 1. The van der Waals surface area contributed by atoms with E-state index in [1.54, 1.807) is 12.1 Å². The Bertz CT molecular complexity index is 753. The maximum atomic E-state index is 12.5. The molecule has 1 aromatic carbocycles. The molecule has 0 saturated heterocycles. The number of ketones is 1. The Balaban J connectivity index is 2.15. The average Bonchev–Trinajstić information content (AvgIpc) is 2.61. The van der Waals surface area contributed by atoms with Crippen LogP contribution in [0.25, 0.3) is 10.4 Å². The van der Waals surface area contributed by atoms with Gasteiger partial charge in [0.2, 0.25) is 5.78 Å². The third-order valence-electron chi connectivity index (χ3n) is 4.95. The zero-order valence-corrected chi connectivity index (χ0v) is 15.3. The number of hydrogen-bond acceptors (Lipinski definition) is 5. The minimum absolute atomic E-state index is 0.0182. The van der Waals surface area contributed by atoms with Gasteiger partial charge in [0, 0.05) is 16.2 Å². The molecule has 138 valence electrons. The molecule has 0 spiro atoms. The van der Waals surface area contributed by atoms with Crippen molar-refractivity contribution in [3.05, 3.63) is 40.3 Å². The van der Waals surface area contributed by atoms with E-state index in [1.165, 1.54) is 12.1 Å². The summed E-state index contributed by atoms with van der Waals surface area (Å²) >= 11 is 0. The van der Waals surface area contributed by atoms with Gasteiger partial charge < -0.3 is 4.74 Å². The van der Waals surface area contributed by atoms with Crippen LogP contribution in [0.1, 0.15) is 50.4 Å². The zero-order valence-electron chi connectivity index (χ0n) is 15.3. The first-order chi connectivity index (χ1) is 12.3. The van der Waals surface area contributed by atoms with Crippen LogP contribution in [0, 0.1) is 23.2 Å². The van der Waals surface area contributed by atoms with Gasteiger partial charge in [-0.05, 0) is 36.1 Å². The molecule has 1 aromatic rings. The van der Waals surface area contributed by atoms with Gasteiger partial charge in [-0.25, -0.2) is 4.79 Å². The molecule has 1 saturated carbocycles. The zero-order chi connectivity index (χ0) is 19.3. The molecule has 0 aliphatic heterocycles. The van der Waals surface area contributed by atoms with Crippen LogP contribution < -0.4 is 0 Å². The fourth-order valence-corrected chi connectivity index (χ4v) is 3.48. The van der Waals surface area contributed by atoms with Gasteiger partial charge in [-0.15, -0.1) is 0 Å². The molecule has 0 heterocycles. The second-order valence-electron chi connectivity index (χ2n) is 7.18. The van der Waals surface area contributed by atoms with Crippen molar-refractivity contribution in [1.29, 1.82) is 5.41 Å². The lowest BCUT2D eigenvalue weighted by Gasteiger charge is -2.36. The van der Waals surface area contributed by atoms with Crippen LogP contribution in [0.3, 0.4) is 0 Å². The maximum Gasteiger partial charge on any atom is 0.360 e. The van der Waals surface area contributed by atoms with E-state index in [1.807, 2.05) is 0 Å². The van der Waals surface area contributed by atoms with Gasteiger partial charge in [-0.2, -0.15) is 0 Å². The summed E-state index contributed by atoms with van der Waals surface area (Å²) in [5.74, 6) is -0.693. The second-order valence-corrected chi connectivity index (χ2v) is 7.18. The largest absolute Gasteiger partial charge is 0.457 e. The van der Waals surface area contributed by atoms with Crippen LogP contribution in [-0.2, 0) is 9.53 Å². The molecule has 7 nitrogen and oxygen atoms in total. The lowest BCUT2D eigenvalue weighted by Crippen LogP contribution is -2.38. The highest BCUT2D eigenvalue weighted by Gasteiger charge is 2.35. The van der Waals surface area contributed by atoms with E-state index in [2.05, 4.69) is 30.8 Å². The van der Waals surface area contributed by atoms with Crippen molar-refractivity contribution < 1.29 is 14.3 Å². The maximum absolute atomic E-state index is 12.5. The van der Waals surface area contributed by atoms with Crippen molar-refractivity contribution in [1.82, 2.24) is 0 Å². The van der Waals surface area contributed by atoms with Crippen LogP contribution in [0.2, 0.25) is 0 Å². The highest BCUT2D eigenvalue weighted by atomic mass is 16.5. The molecule has 1 N–H and O–H groups in total. The monoisotopic (exact) mass is 356 g/mol. The predicted molar refractivity (Wildman–Crippen MR) is 98.5 cm³/mol. The number of Topliss-reactive ketones (excluding diaryl/α,β-unsaturated/α-hetero) is 1. The molecule has 1 fully saturated rings. The fourth-order valence-electron chi connectivity index (χ4n) is 3.48. The van der Waals surface area contributed by atoms with E-state index >= 15 is 0 Å². The molecule has 2 rings (SSSR count). The molecule has 26 heavy (non-hydrogen) atoms. The number of hydrogen-bond donors (Lipinski definition) is 1. The molecule has 3 atom stereocenters. The number of nitrogens with one attached hydrogen (secondary N) is 1. The quantitative estimate of drug-likeness (QED) is 0.149. The Morgan fingerprint density at radius 3 is 2.65 bits per heavy atom. The van der Waals surface area contributed by atoms with Crippen LogP contribution in [0.4, 0.5) is 5.69 Å². The lowest BCUT2D eigenvalue weighted by molar-refractivity contribution is -0.147. The third kappa shape index (κ3) is 4.49. The van der Waals surface area contributed by atoms with Crippen LogP contribution >= 0.6 is 0 Å². The second kappa shape index (κ2) is 8.63. The van der Waals surface area contributed by atoms with Crippen LogP contribution in [-0.4, -0.2) is 23.6 Å². The number of rotatable bonds is 6. The van der Waals surface area contributed by atoms with E-state index in [4.69, 9.17) is 15.7 Å². The minimum atomic E-state index is -0.921. The van der Waals surface area contributed by atoms with Crippen molar-refractivity contribution in [2.24, 2.45) is 22.9 Å². The van der Waals surface area contributed by atoms with E-state index in [9.17, 15) is 9.59 Å². The lowest BCUT2D eigenvalue weighted by atomic mass is 9.75. The highest BCUT2D eigenvalue weighted by Crippen LogP contribution is 2.35. The smallest absolute Gasteiger partial charge is 0.360 e. The SMILES string of the molecule is CC(C)[C@@H]1CC[C@@H](C)C[C@H]1OC(=O)C(=N)C(=O)c1ccccc1N=[N+]=[N-]. The summed E-state index contributed by atoms with van der Waals surface area (Å²) in [4.78, 5) is 27.6. The first-order valence-corrected chi connectivity index (χ1v) is 8.83. The molecule has 1 aliphatic carbocycles. The highest BCUT2D eigenvalue weighted by molar-refractivity contribution is 6.67. The van der Waals surface area contributed by atoms with Gasteiger partial charge in [-0.3, -0.25) is 10.2 Å². The van der Waals surface area contributed by atoms with Gasteiger partial charge in [-0.1, -0.05) is 56.6 Å². The van der Waals surface area contributed by atoms with E-state index in [-0.39, 0.29) is 23.3 Å². The minimum Gasteiger partial charge on any atom is -0.457 e. The Hall–Kier alpha value is -2.66. The standard InChI is InChI=1S/C19H24N4O3/c1-11(2)13-9-8-12(3)10-16(13)26-19(25)17(20)18(24)14-6-4-5-7-15(14)22-23-21/h4-7,11-13,16,20H,8-10H2,1-3H3/t12-,13+,16-/m1/s1. The number of carbonyl (C=O) groups excluding carboxylic acids is 2. The van der Waals surface area contributed by atoms with Crippen molar-refractivity contribution >= 4 is 23.2 Å². The summed E-state index contributed by atoms with van der Waals surface area (Å²) in [5.41, 5.74) is 7.96. The van der Waals surface area contributed by atoms with Gasteiger partial charge >= 0.3 is 5.97 Å². The fraction of sp³-hybridized carbons (Fsp3) is 0.526. The van der Waals surface area contributed by atoms with Gasteiger partial charge in [0.15, 0.2) is 5.71 Å². The number of carbonyl (C=O) groups is 2. The number of azide groups is 1. The van der Waals surface area contributed by atoms with E-state index in [0.717, 1.165) is 19.3 Å². The molecule has 7 heteroatoms. The van der Waals surface area contributed by atoms with Crippen molar-refractivity contribution in [3.63, 3.8) is 0 Å². The van der Waals surface area contributed by atoms with Crippen molar-refractivity contribution in [2.75, 3.05) is 0 Å². The summed E-state index contributed by atoms with van der Waals surface area (Å²) in [5, 5.41) is 11.4. The third-order valence-corrected chi connectivity index (χ3v) is 4.95. The van der Waals surface area contributed by atoms with Gasteiger partial charge in [0.25, 0.3) is 0 Å². The van der Waals surface area contributed by atoms with E-state index in [0.29, 0.717) is 11.8 Å². The Morgan fingerprint density at radius 1 is 1.31 bits per heavy atom. The summed E-state index contributed by atoms with van der Waals surface area (Å²) in [7, 11) is 0. The normalized spacial score (nSPS) is 22.4. The first kappa shape index (κ1) is 19.7. The molecular formula is C19H24N4O3.